The Morgan fingerprint density at radius 2 is 2.14 bits per heavy atom. The van der Waals surface area contributed by atoms with Crippen molar-refractivity contribution in [2.45, 2.75) is 13.5 Å². The average molecular weight is 485 g/mol. The number of hydrogen-bond donors (Lipinski definition) is 0. The number of nitro benzene ring substituents is 1. The zero-order chi connectivity index (χ0) is 20.3. The molecule has 146 valence electrons. The first-order chi connectivity index (χ1) is 13.4. The molecule has 3 rings (SSSR count). The van der Waals surface area contributed by atoms with Crippen LogP contribution in [0.25, 0.3) is 10.2 Å². The molecule has 0 fully saturated rings. The van der Waals surface area contributed by atoms with Gasteiger partial charge in [-0.25, -0.2) is 0 Å². The lowest BCUT2D eigenvalue weighted by atomic mass is 10.2. The van der Waals surface area contributed by atoms with Crippen molar-refractivity contribution in [3.05, 3.63) is 66.4 Å². The summed E-state index contributed by atoms with van der Waals surface area (Å²) in [4.78, 5) is 28.0. The Kier molecular flexibility index (Phi) is 6.61. The van der Waals surface area contributed by atoms with Crippen LogP contribution in [0.3, 0.4) is 0 Å². The van der Waals surface area contributed by atoms with Crippen LogP contribution in [0.15, 0.2) is 45.9 Å². The summed E-state index contributed by atoms with van der Waals surface area (Å²) in [5.41, 5.74) is 0.426. The molecule has 0 aliphatic heterocycles. The zero-order valence-electron chi connectivity index (χ0n) is 14.7. The van der Waals surface area contributed by atoms with Crippen molar-refractivity contribution in [3.63, 3.8) is 0 Å². The highest BCUT2D eigenvalue weighted by molar-refractivity contribution is 9.10. The normalized spacial score (nSPS) is 11.9. The molecule has 1 aromatic heterocycles. The minimum absolute atomic E-state index is 0.146. The summed E-state index contributed by atoms with van der Waals surface area (Å²) < 4.78 is 9.14. The van der Waals surface area contributed by atoms with Gasteiger partial charge < -0.3 is 9.30 Å². The number of nitrogens with zero attached hydrogens (tertiary/aromatic N) is 3. The van der Waals surface area contributed by atoms with E-state index >= 15 is 0 Å². The van der Waals surface area contributed by atoms with Crippen molar-refractivity contribution >= 4 is 60.7 Å². The summed E-state index contributed by atoms with van der Waals surface area (Å²) in [5.74, 6) is -0.718. The van der Waals surface area contributed by atoms with Gasteiger partial charge in [-0.3, -0.25) is 14.9 Å². The van der Waals surface area contributed by atoms with Crippen LogP contribution in [-0.2, 0) is 11.3 Å². The Balaban J connectivity index is 2.13. The number of ether oxygens (including phenoxy) is 1. The van der Waals surface area contributed by atoms with Gasteiger partial charge in [-0.2, -0.15) is 4.99 Å². The number of aromatic nitrogens is 1. The van der Waals surface area contributed by atoms with Crippen LogP contribution in [0, 0.1) is 10.1 Å². The largest absolute Gasteiger partial charge is 0.380 e. The molecule has 1 heterocycles. The predicted molar refractivity (Wildman–Crippen MR) is 112 cm³/mol. The lowest BCUT2D eigenvalue weighted by Crippen LogP contribution is -2.20. The van der Waals surface area contributed by atoms with E-state index in [2.05, 4.69) is 20.9 Å². The Morgan fingerprint density at radius 1 is 1.36 bits per heavy atom. The number of halogens is 2. The van der Waals surface area contributed by atoms with E-state index in [1.165, 1.54) is 29.5 Å². The molecule has 10 heteroatoms. The molecule has 7 nitrogen and oxygen atoms in total. The summed E-state index contributed by atoms with van der Waals surface area (Å²) in [6.45, 7) is 3.44. The number of hydrogen-bond acceptors (Lipinski definition) is 5. The third kappa shape index (κ3) is 4.49. The third-order valence-corrected chi connectivity index (χ3v) is 5.66. The van der Waals surface area contributed by atoms with Gasteiger partial charge in [0.2, 0.25) is 0 Å². The maximum absolute atomic E-state index is 12.7. The van der Waals surface area contributed by atoms with E-state index in [-0.39, 0.29) is 16.3 Å². The van der Waals surface area contributed by atoms with Gasteiger partial charge in [-0.1, -0.05) is 38.9 Å². The minimum atomic E-state index is -0.718. The minimum Gasteiger partial charge on any atom is -0.380 e. The van der Waals surface area contributed by atoms with Crippen LogP contribution >= 0.6 is 38.9 Å². The van der Waals surface area contributed by atoms with Crippen molar-refractivity contribution in [1.82, 2.24) is 4.57 Å². The average Bonchev–Trinajstić information content (AvgIpc) is 2.97. The van der Waals surface area contributed by atoms with Crippen LogP contribution in [0.4, 0.5) is 5.69 Å². The van der Waals surface area contributed by atoms with Gasteiger partial charge in [0.05, 0.1) is 21.7 Å². The molecule has 0 saturated heterocycles. The van der Waals surface area contributed by atoms with Gasteiger partial charge in [0.15, 0.2) is 4.80 Å². The van der Waals surface area contributed by atoms with E-state index < -0.39 is 10.8 Å². The monoisotopic (exact) mass is 483 g/mol. The van der Waals surface area contributed by atoms with E-state index in [0.29, 0.717) is 24.6 Å². The SMILES string of the molecule is CCOCCn1c(=NC(=O)c2cc(Cl)ccc2[N+](=O)[O-])sc2cc(Br)ccc21. The van der Waals surface area contributed by atoms with E-state index in [1.54, 1.807) is 0 Å². The third-order valence-electron chi connectivity index (χ3n) is 3.89. The van der Waals surface area contributed by atoms with Crippen LogP contribution < -0.4 is 4.80 Å². The predicted octanol–water partition coefficient (Wildman–Crippen LogP) is 4.80. The second-order valence-corrected chi connectivity index (χ2v) is 8.04. The van der Waals surface area contributed by atoms with Gasteiger partial charge in [0.25, 0.3) is 11.6 Å². The van der Waals surface area contributed by atoms with E-state index in [9.17, 15) is 14.9 Å². The fourth-order valence-corrected chi connectivity index (χ4v) is 4.41. The van der Waals surface area contributed by atoms with Gasteiger partial charge in [0, 0.05) is 28.7 Å². The molecular formula is C18H15BrClN3O4S. The van der Waals surface area contributed by atoms with Crippen molar-refractivity contribution in [1.29, 1.82) is 0 Å². The van der Waals surface area contributed by atoms with Gasteiger partial charge in [-0.05, 0) is 37.3 Å². The fraction of sp³-hybridized carbons (Fsp3) is 0.222. The number of carbonyl (C=O) groups excluding carboxylic acids is 1. The molecular weight excluding hydrogens is 470 g/mol. The molecule has 0 N–H and O–H groups in total. The maximum Gasteiger partial charge on any atom is 0.286 e. The first-order valence-electron chi connectivity index (χ1n) is 8.30. The second-order valence-electron chi connectivity index (χ2n) is 5.68. The van der Waals surface area contributed by atoms with Crippen molar-refractivity contribution in [2.24, 2.45) is 4.99 Å². The number of nitro groups is 1. The van der Waals surface area contributed by atoms with Gasteiger partial charge in [-0.15, -0.1) is 0 Å². The smallest absolute Gasteiger partial charge is 0.286 e. The molecule has 0 atom stereocenters. The number of carbonyl (C=O) groups is 1. The molecule has 0 aliphatic carbocycles. The number of fused-ring (bicyclic) bond motifs is 1. The van der Waals surface area contributed by atoms with Crippen LogP contribution in [-0.4, -0.2) is 28.6 Å². The fourth-order valence-electron chi connectivity index (χ4n) is 2.63. The van der Waals surface area contributed by atoms with E-state index in [4.69, 9.17) is 16.3 Å². The second kappa shape index (κ2) is 8.95. The highest BCUT2D eigenvalue weighted by atomic mass is 79.9. The quantitative estimate of drug-likeness (QED) is 0.285. The Labute approximate surface area is 177 Å². The molecule has 0 radical (unpaired) electrons. The summed E-state index contributed by atoms with van der Waals surface area (Å²) >= 11 is 10.7. The van der Waals surface area contributed by atoms with Crippen LogP contribution in [0.2, 0.25) is 5.02 Å². The van der Waals surface area contributed by atoms with Crippen molar-refractivity contribution in [3.8, 4) is 0 Å². The number of rotatable bonds is 6. The molecule has 0 spiro atoms. The number of amides is 1. The topological polar surface area (TPSA) is 86.7 Å². The molecule has 3 aromatic rings. The first kappa shape index (κ1) is 20.7. The molecule has 0 unspecified atom stereocenters. The van der Waals surface area contributed by atoms with Crippen LogP contribution in [0.5, 0.6) is 0 Å². The molecule has 2 aromatic carbocycles. The highest BCUT2D eigenvalue weighted by Gasteiger charge is 2.20. The maximum atomic E-state index is 12.7. The Morgan fingerprint density at radius 3 is 2.86 bits per heavy atom. The summed E-state index contributed by atoms with van der Waals surface area (Å²) in [7, 11) is 0. The number of thiazole rings is 1. The van der Waals surface area contributed by atoms with Gasteiger partial charge in [0.1, 0.15) is 5.56 Å². The lowest BCUT2D eigenvalue weighted by molar-refractivity contribution is -0.385. The molecule has 0 saturated carbocycles. The van der Waals surface area contributed by atoms with Gasteiger partial charge >= 0.3 is 0 Å². The van der Waals surface area contributed by atoms with Crippen LogP contribution in [0.1, 0.15) is 17.3 Å². The Hall–Kier alpha value is -2.07. The Bertz CT molecular complexity index is 1130. The van der Waals surface area contributed by atoms with E-state index in [1.807, 2.05) is 29.7 Å². The molecule has 1 amide bonds. The number of benzene rings is 2. The first-order valence-corrected chi connectivity index (χ1v) is 10.3. The highest BCUT2D eigenvalue weighted by Crippen LogP contribution is 2.25. The lowest BCUT2D eigenvalue weighted by Gasteiger charge is -2.05. The molecule has 28 heavy (non-hydrogen) atoms. The zero-order valence-corrected chi connectivity index (χ0v) is 17.9. The summed E-state index contributed by atoms with van der Waals surface area (Å²) in [6.07, 6.45) is 0. The molecule has 0 bridgehead atoms. The summed E-state index contributed by atoms with van der Waals surface area (Å²) in [6, 6.07) is 9.60. The van der Waals surface area contributed by atoms with E-state index in [0.717, 1.165) is 14.7 Å². The van der Waals surface area contributed by atoms with Crippen molar-refractivity contribution < 1.29 is 14.5 Å². The van der Waals surface area contributed by atoms with Crippen molar-refractivity contribution in [2.75, 3.05) is 13.2 Å². The molecule has 0 aliphatic rings. The summed E-state index contributed by atoms with van der Waals surface area (Å²) in [5, 5.41) is 11.5. The standard InChI is InChI=1S/C18H15BrClN3O4S/c1-2-27-8-7-22-15-5-3-11(19)9-16(15)28-18(22)21-17(24)13-10-12(20)4-6-14(13)23(25)26/h3-6,9-10H,2,7-8H2,1H3.